The molecule has 0 saturated carbocycles. The van der Waals surface area contributed by atoms with E-state index >= 15 is 0 Å². The number of rotatable bonds is 5. The molecule has 0 bridgehead atoms. The number of nitrogens with zero attached hydrogens (tertiary/aromatic N) is 3. The van der Waals surface area contributed by atoms with Crippen molar-refractivity contribution in [1.82, 2.24) is 9.55 Å². The van der Waals surface area contributed by atoms with Crippen LogP contribution in [0.2, 0.25) is 10.0 Å². The van der Waals surface area contributed by atoms with Crippen molar-refractivity contribution in [3.63, 3.8) is 0 Å². The zero-order chi connectivity index (χ0) is 15.5. The van der Waals surface area contributed by atoms with E-state index in [1.165, 1.54) is 0 Å². The van der Waals surface area contributed by atoms with E-state index in [0.717, 1.165) is 11.3 Å². The number of hydrogen-bond acceptors (Lipinski definition) is 5. The summed E-state index contributed by atoms with van der Waals surface area (Å²) in [5.41, 5.74) is 1.09. The fourth-order valence-corrected chi connectivity index (χ4v) is 6.60. The first-order chi connectivity index (χ1) is 10.7. The Balaban J connectivity index is 1.77. The highest BCUT2D eigenvalue weighted by atomic mass is 35.5. The van der Waals surface area contributed by atoms with Gasteiger partial charge in [-0.1, -0.05) is 34.4 Å². The smallest absolute Gasteiger partial charge is 0.104 e. The van der Waals surface area contributed by atoms with E-state index in [1.54, 1.807) is 18.6 Å². The van der Waals surface area contributed by atoms with Crippen LogP contribution in [0, 0.1) is 4.91 Å². The molecular formula is C14H13Cl2N3OS2. The molecule has 1 aliphatic heterocycles. The third kappa shape index (κ3) is 3.45. The molecule has 4 nitrogen and oxygen atoms in total. The molecular weight excluding hydrogens is 361 g/mol. The van der Waals surface area contributed by atoms with Crippen molar-refractivity contribution >= 4 is 46.7 Å². The monoisotopic (exact) mass is 373 g/mol. The molecule has 2 heterocycles. The van der Waals surface area contributed by atoms with Crippen LogP contribution in [0.1, 0.15) is 16.9 Å². The minimum Gasteiger partial charge on any atom is -0.330 e. The van der Waals surface area contributed by atoms with Crippen molar-refractivity contribution in [2.24, 2.45) is 5.18 Å². The van der Waals surface area contributed by atoms with Crippen LogP contribution in [-0.4, -0.2) is 26.4 Å². The van der Waals surface area contributed by atoms with Crippen LogP contribution in [0.4, 0.5) is 0 Å². The maximum Gasteiger partial charge on any atom is 0.104 e. The lowest BCUT2D eigenvalue weighted by Crippen LogP contribution is -2.19. The van der Waals surface area contributed by atoms with E-state index in [1.807, 2.05) is 46.4 Å². The lowest BCUT2D eigenvalue weighted by molar-refractivity contribution is 0.550. The average Bonchev–Trinajstić information content (AvgIpc) is 3.16. The quantitative estimate of drug-likeness (QED) is 0.688. The van der Waals surface area contributed by atoms with Crippen molar-refractivity contribution < 1.29 is 0 Å². The van der Waals surface area contributed by atoms with Gasteiger partial charge in [-0.25, -0.2) is 4.98 Å². The second-order valence-electron chi connectivity index (χ2n) is 4.88. The number of nitroso groups, excluding NO2 is 1. The maximum absolute atomic E-state index is 10.8. The number of benzene rings is 1. The molecule has 0 N–H and O–H groups in total. The second kappa shape index (κ2) is 7.25. The maximum atomic E-state index is 10.8. The molecule has 3 rings (SSSR count). The minimum atomic E-state index is 0.00563. The number of thioether (sulfide) groups is 2. The molecule has 22 heavy (non-hydrogen) atoms. The number of imidazole rings is 1. The van der Waals surface area contributed by atoms with Crippen molar-refractivity contribution in [3.8, 4) is 0 Å². The Hall–Kier alpha value is -0.690. The van der Waals surface area contributed by atoms with E-state index in [9.17, 15) is 4.91 Å². The predicted molar refractivity (Wildman–Crippen MR) is 95.0 cm³/mol. The van der Waals surface area contributed by atoms with Gasteiger partial charge in [-0.05, 0) is 17.7 Å². The third-order valence-corrected chi connectivity index (χ3v) is 7.52. The molecule has 3 unspecified atom stereocenters. The largest absolute Gasteiger partial charge is 0.330 e. The summed E-state index contributed by atoms with van der Waals surface area (Å²) in [6.45, 7) is 0.238. The molecule has 0 spiro atoms. The lowest BCUT2D eigenvalue weighted by Gasteiger charge is -2.21. The highest BCUT2D eigenvalue weighted by molar-refractivity contribution is 8.20. The normalized spacial score (nSPS) is 22.6. The van der Waals surface area contributed by atoms with Crippen LogP contribution in [0.3, 0.4) is 0 Å². The zero-order valence-electron chi connectivity index (χ0n) is 11.4. The number of aromatic nitrogens is 2. The zero-order valence-corrected chi connectivity index (χ0v) is 14.6. The van der Waals surface area contributed by atoms with Crippen LogP contribution < -0.4 is 0 Å². The first-order valence-corrected chi connectivity index (χ1v) is 9.42. The summed E-state index contributed by atoms with van der Waals surface area (Å²) in [5, 5.41) is 4.72. The highest BCUT2D eigenvalue weighted by Gasteiger charge is 2.34. The van der Waals surface area contributed by atoms with Crippen LogP contribution in [0.25, 0.3) is 0 Å². The van der Waals surface area contributed by atoms with Gasteiger partial charge >= 0.3 is 0 Å². The van der Waals surface area contributed by atoms with Crippen LogP contribution >= 0.6 is 46.7 Å². The molecule has 3 atom stereocenters. The summed E-state index contributed by atoms with van der Waals surface area (Å²) in [6.07, 6.45) is 5.33. The Bertz CT molecular complexity index is 654. The van der Waals surface area contributed by atoms with Gasteiger partial charge in [0.1, 0.15) is 6.54 Å². The number of hydrogen-bond donors (Lipinski definition) is 0. The van der Waals surface area contributed by atoms with Gasteiger partial charge in [0.05, 0.1) is 17.0 Å². The minimum absolute atomic E-state index is 0.00563. The fraction of sp³-hybridized carbons (Fsp3) is 0.357. The Morgan fingerprint density at radius 2 is 2.32 bits per heavy atom. The first-order valence-electron chi connectivity index (χ1n) is 6.67. The lowest BCUT2D eigenvalue weighted by atomic mass is 10.2. The predicted octanol–water partition coefficient (Wildman–Crippen LogP) is 5.04. The first kappa shape index (κ1) is 16.2. The molecule has 2 aromatic rings. The van der Waals surface area contributed by atoms with Gasteiger partial charge in [0.25, 0.3) is 0 Å². The summed E-state index contributed by atoms with van der Waals surface area (Å²) in [5.74, 6) is 0.945. The van der Waals surface area contributed by atoms with E-state index in [2.05, 4.69) is 10.2 Å². The summed E-state index contributed by atoms with van der Waals surface area (Å²) in [6, 6.07) is 5.63. The standard InChI is InChI=1S/C14H13Cl2N3OS2/c15-9-1-2-10(11(16)5-9)13-7-21-14(22-13)12(6-18-20)19-4-3-17-8-19/h1-5,8,12-14H,6-7H2. The summed E-state index contributed by atoms with van der Waals surface area (Å²) < 4.78 is 2.20. The molecule has 0 radical (unpaired) electrons. The average molecular weight is 374 g/mol. The van der Waals surface area contributed by atoms with Crippen molar-refractivity contribution in [2.45, 2.75) is 15.9 Å². The highest BCUT2D eigenvalue weighted by Crippen LogP contribution is 2.52. The molecule has 0 aliphatic carbocycles. The van der Waals surface area contributed by atoms with Crippen LogP contribution in [-0.2, 0) is 0 Å². The molecule has 0 amide bonds. The Kier molecular flexibility index (Phi) is 5.33. The molecule has 116 valence electrons. The van der Waals surface area contributed by atoms with Gasteiger partial charge in [-0.3, -0.25) is 0 Å². The van der Waals surface area contributed by atoms with Gasteiger partial charge in [-0.2, -0.15) is 4.91 Å². The second-order valence-corrected chi connectivity index (χ2v) is 8.55. The Morgan fingerprint density at radius 1 is 1.45 bits per heavy atom. The molecule has 1 fully saturated rings. The van der Waals surface area contributed by atoms with Gasteiger partial charge in [-0.15, -0.1) is 23.5 Å². The molecule has 1 aromatic carbocycles. The summed E-state index contributed by atoms with van der Waals surface area (Å²) in [7, 11) is 0. The Morgan fingerprint density at radius 3 is 3.00 bits per heavy atom. The SMILES string of the molecule is O=NCC(C1SCC(c2ccc(Cl)cc2Cl)S1)n1ccnc1. The summed E-state index contributed by atoms with van der Waals surface area (Å²) >= 11 is 15.9. The fourth-order valence-electron chi connectivity index (χ4n) is 2.41. The summed E-state index contributed by atoms with van der Waals surface area (Å²) in [4.78, 5) is 14.8. The van der Waals surface area contributed by atoms with E-state index in [-0.39, 0.29) is 22.4 Å². The van der Waals surface area contributed by atoms with Crippen LogP contribution in [0.5, 0.6) is 0 Å². The van der Waals surface area contributed by atoms with Gasteiger partial charge in [0, 0.05) is 33.4 Å². The molecule has 1 aromatic heterocycles. The van der Waals surface area contributed by atoms with Crippen molar-refractivity contribution in [1.29, 1.82) is 0 Å². The van der Waals surface area contributed by atoms with E-state index in [4.69, 9.17) is 23.2 Å². The third-order valence-electron chi connectivity index (χ3n) is 3.50. The molecule has 1 aliphatic rings. The van der Waals surface area contributed by atoms with E-state index < -0.39 is 0 Å². The Labute approximate surface area is 146 Å². The van der Waals surface area contributed by atoms with Crippen molar-refractivity contribution in [3.05, 3.63) is 57.4 Å². The molecule has 1 saturated heterocycles. The van der Waals surface area contributed by atoms with E-state index in [0.29, 0.717) is 10.0 Å². The number of halogens is 2. The topological polar surface area (TPSA) is 47.2 Å². The van der Waals surface area contributed by atoms with Gasteiger partial charge in [0.2, 0.25) is 0 Å². The molecule has 8 heteroatoms. The van der Waals surface area contributed by atoms with Gasteiger partial charge < -0.3 is 4.57 Å². The van der Waals surface area contributed by atoms with Crippen LogP contribution in [0.15, 0.2) is 42.1 Å². The van der Waals surface area contributed by atoms with Crippen molar-refractivity contribution in [2.75, 3.05) is 12.3 Å². The van der Waals surface area contributed by atoms with Gasteiger partial charge in [0.15, 0.2) is 0 Å².